The summed E-state index contributed by atoms with van der Waals surface area (Å²) in [6, 6.07) is 9.60. The third kappa shape index (κ3) is 4.14. The van der Waals surface area contributed by atoms with E-state index in [1.54, 1.807) is 22.6 Å². The van der Waals surface area contributed by atoms with Gasteiger partial charge in [-0.3, -0.25) is 0 Å². The number of pyridine rings is 1. The Hall–Kier alpha value is -2.43. The molecule has 0 radical (unpaired) electrons. The number of hydrogen-bond acceptors (Lipinski definition) is 5. The number of aryl methyl sites for hydroxylation is 2. The molecule has 3 rings (SSSR count). The van der Waals surface area contributed by atoms with Gasteiger partial charge in [0.05, 0.1) is 10.5 Å². The minimum Gasteiger partial charge on any atom is -0.353 e. The van der Waals surface area contributed by atoms with E-state index in [9.17, 15) is 13.7 Å². The highest BCUT2D eigenvalue weighted by Gasteiger charge is 2.32. The fourth-order valence-electron chi connectivity index (χ4n) is 3.80. The Kier molecular flexibility index (Phi) is 5.70. The second-order valence-corrected chi connectivity index (χ2v) is 10.4. The van der Waals surface area contributed by atoms with Gasteiger partial charge in [-0.2, -0.15) is 9.57 Å². The third-order valence-corrected chi connectivity index (χ3v) is 7.57. The largest absolute Gasteiger partial charge is 0.353 e. The number of aromatic nitrogens is 1. The molecule has 7 heteroatoms. The zero-order valence-electron chi connectivity index (χ0n) is 17.7. The summed E-state index contributed by atoms with van der Waals surface area (Å²) in [6.45, 7) is 11.9. The predicted molar refractivity (Wildman–Crippen MR) is 115 cm³/mol. The van der Waals surface area contributed by atoms with Gasteiger partial charge in [0.1, 0.15) is 11.9 Å². The van der Waals surface area contributed by atoms with E-state index in [2.05, 4.69) is 31.8 Å². The first-order chi connectivity index (χ1) is 13.6. The third-order valence-electron chi connectivity index (χ3n) is 5.37. The Morgan fingerprint density at radius 2 is 1.66 bits per heavy atom. The summed E-state index contributed by atoms with van der Waals surface area (Å²) < 4.78 is 28.3. The van der Waals surface area contributed by atoms with Crippen LogP contribution in [0.2, 0.25) is 0 Å². The maximum absolute atomic E-state index is 13.4. The van der Waals surface area contributed by atoms with Gasteiger partial charge in [0.15, 0.2) is 0 Å². The molecule has 1 saturated heterocycles. The van der Waals surface area contributed by atoms with Gasteiger partial charge in [-0.05, 0) is 48.1 Å². The molecule has 2 heterocycles. The first kappa shape index (κ1) is 21.3. The highest BCUT2D eigenvalue weighted by atomic mass is 32.2. The Bertz CT molecular complexity index is 1030. The Labute approximate surface area is 173 Å². The minimum atomic E-state index is -3.59. The predicted octanol–water partition coefficient (Wildman–Crippen LogP) is 3.38. The van der Waals surface area contributed by atoms with Crippen LogP contribution in [0.3, 0.4) is 0 Å². The smallest absolute Gasteiger partial charge is 0.243 e. The van der Waals surface area contributed by atoms with Crippen LogP contribution >= 0.6 is 0 Å². The summed E-state index contributed by atoms with van der Waals surface area (Å²) in [4.78, 5) is 6.71. The summed E-state index contributed by atoms with van der Waals surface area (Å²) in [5.74, 6) is 0.619. The summed E-state index contributed by atoms with van der Waals surface area (Å²) in [5.41, 5.74) is 3.18. The molecule has 0 atom stereocenters. The number of rotatable bonds is 3. The monoisotopic (exact) mass is 412 g/mol. The number of piperazine rings is 1. The molecule has 0 N–H and O–H groups in total. The van der Waals surface area contributed by atoms with Gasteiger partial charge in [0.2, 0.25) is 10.0 Å². The molecule has 0 unspecified atom stereocenters. The van der Waals surface area contributed by atoms with Crippen molar-refractivity contribution in [3.63, 3.8) is 0 Å². The van der Waals surface area contributed by atoms with E-state index >= 15 is 0 Å². The van der Waals surface area contributed by atoms with Crippen LogP contribution in [-0.4, -0.2) is 43.9 Å². The summed E-state index contributed by atoms with van der Waals surface area (Å²) in [5, 5.41) is 9.30. The lowest BCUT2D eigenvalue weighted by molar-refractivity contribution is 0.383. The molecule has 2 aromatic rings. The number of sulfonamides is 1. The van der Waals surface area contributed by atoms with Crippen molar-refractivity contribution in [2.75, 3.05) is 31.1 Å². The van der Waals surface area contributed by atoms with Gasteiger partial charge in [0, 0.05) is 32.4 Å². The van der Waals surface area contributed by atoms with Crippen molar-refractivity contribution >= 4 is 15.8 Å². The lowest BCUT2D eigenvalue weighted by Gasteiger charge is -2.35. The van der Waals surface area contributed by atoms with Crippen LogP contribution in [0.1, 0.15) is 43.0 Å². The fourth-order valence-corrected chi connectivity index (χ4v) is 5.63. The molecule has 29 heavy (non-hydrogen) atoms. The van der Waals surface area contributed by atoms with Crippen LogP contribution in [-0.2, 0) is 15.4 Å². The van der Waals surface area contributed by atoms with Gasteiger partial charge < -0.3 is 4.90 Å². The molecule has 1 fully saturated rings. The van der Waals surface area contributed by atoms with Gasteiger partial charge in [-0.15, -0.1) is 0 Å². The number of benzene rings is 1. The molecule has 0 bridgehead atoms. The molecule has 1 aliphatic heterocycles. The Morgan fingerprint density at radius 3 is 2.17 bits per heavy atom. The molecule has 0 amide bonds. The maximum atomic E-state index is 13.4. The minimum absolute atomic E-state index is 0.0371. The normalized spacial score (nSPS) is 15.9. The SMILES string of the molecule is Cc1cc(C(C)(C)C)cc(C)c1S(=O)(=O)N1CCN(c2ncccc2C#N)CC1. The quantitative estimate of drug-likeness (QED) is 0.772. The second kappa shape index (κ2) is 7.77. The molecular weight excluding hydrogens is 384 g/mol. The molecule has 0 spiro atoms. The molecule has 0 saturated carbocycles. The average molecular weight is 413 g/mol. The molecule has 1 aromatic heterocycles. The lowest BCUT2D eigenvalue weighted by Crippen LogP contribution is -2.49. The van der Waals surface area contributed by atoms with E-state index < -0.39 is 10.0 Å². The molecule has 1 aliphatic rings. The average Bonchev–Trinajstić information content (AvgIpc) is 2.66. The van der Waals surface area contributed by atoms with Crippen molar-refractivity contribution < 1.29 is 8.42 Å². The highest BCUT2D eigenvalue weighted by molar-refractivity contribution is 7.89. The van der Waals surface area contributed by atoms with Crippen LogP contribution < -0.4 is 4.90 Å². The van der Waals surface area contributed by atoms with Gasteiger partial charge in [-0.1, -0.05) is 32.9 Å². The van der Waals surface area contributed by atoms with Gasteiger partial charge in [0.25, 0.3) is 0 Å². The lowest BCUT2D eigenvalue weighted by atomic mass is 9.85. The first-order valence-electron chi connectivity index (χ1n) is 9.77. The fraction of sp³-hybridized carbons (Fsp3) is 0.455. The van der Waals surface area contributed by atoms with Crippen molar-refractivity contribution in [1.29, 1.82) is 5.26 Å². The van der Waals surface area contributed by atoms with Crippen LogP contribution in [0.25, 0.3) is 0 Å². The summed E-state index contributed by atoms with van der Waals surface area (Å²) >= 11 is 0. The number of nitriles is 1. The van der Waals surface area contributed by atoms with Crippen molar-refractivity contribution in [2.24, 2.45) is 0 Å². The van der Waals surface area contributed by atoms with Crippen molar-refractivity contribution in [3.8, 4) is 6.07 Å². The van der Waals surface area contributed by atoms with E-state index in [0.29, 0.717) is 42.5 Å². The maximum Gasteiger partial charge on any atom is 0.243 e. The molecule has 154 valence electrons. The van der Waals surface area contributed by atoms with E-state index in [-0.39, 0.29) is 5.41 Å². The van der Waals surface area contributed by atoms with Gasteiger partial charge in [-0.25, -0.2) is 13.4 Å². The van der Waals surface area contributed by atoms with Crippen LogP contribution in [0.5, 0.6) is 0 Å². The van der Waals surface area contributed by atoms with Crippen molar-refractivity contribution in [1.82, 2.24) is 9.29 Å². The molecule has 6 nitrogen and oxygen atoms in total. The van der Waals surface area contributed by atoms with E-state index in [1.807, 2.05) is 30.9 Å². The summed E-state index contributed by atoms with van der Waals surface area (Å²) in [7, 11) is -3.59. The van der Waals surface area contributed by atoms with Crippen LogP contribution in [0.4, 0.5) is 5.82 Å². The van der Waals surface area contributed by atoms with E-state index in [4.69, 9.17) is 0 Å². The number of nitrogens with zero attached hydrogens (tertiary/aromatic N) is 4. The molecule has 1 aromatic carbocycles. The Balaban J connectivity index is 1.85. The van der Waals surface area contributed by atoms with E-state index in [1.165, 1.54) is 0 Å². The van der Waals surface area contributed by atoms with Gasteiger partial charge >= 0.3 is 0 Å². The number of hydrogen-bond donors (Lipinski definition) is 0. The van der Waals surface area contributed by atoms with Crippen LogP contribution in [0, 0.1) is 25.2 Å². The topological polar surface area (TPSA) is 77.3 Å². The van der Waals surface area contributed by atoms with Crippen LogP contribution in [0.15, 0.2) is 35.4 Å². The number of anilines is 1. The zero-order valence-corrected chi connectivity index (χ0v) is 18.5. The Morgan fingerprint density at radius 1 is 1.07 bits per heavy atom. The molecular formula is C22H28N4O2S. The molecule has 0 aliphatic carbocycles. The summed E-state index contributed by atoms with van der Waals surface area (Å²) in [6.07, 6.45) is 1.66. The van der Waals surface area contributed by atoms with Crippen molar-refractivity contribution in [3.05, 3.63) is 52.7 Å². The zero-order chi connectivity index (χ0) is 21.4. The van der Waals surface area contributed by atoms with Crippen molar-refractivity contribution in [2.45, 2.75) is 44.9 Å². The van der Waals surface area contributed by atoms with E-state index in [0.717, 1.165) is 16.7 Å². The second-order valence-electron chi connectivity index (χ2n) is 8.57. The standard InChI is InChI=1S/C22H28N4O2S/c1-16-13-19(22(3,4)5)14-17(2)20(16)29(27,28)26-11-9-25(10-12-26)21-18(15-23)7-6-8-24-21/h6-8,13-14H,9-12H2,1-5H3. The highest BCUT2D eigenvalue weighted by Crippen LogP contribution is 2.31. The first-order valence-corrected chi connectivity index (χ1v) is 11.2.